The van der Waals surface area contributed by atoms with Gasteiger partial charge in [-0.15, -0.1) is 0 Å². The van der Waals surface area contributed by atoms with Crippen molar-refractivity contribution in [3.63, 3.8) is 0 Å². The van der Waals surface area contributed by atoms with E-state index < -0.39 is 36.8 Å². The molecule has 2 heterocycles. The van der Waals surface area contributed by atoms with Crippen molar-refractivity contribution in [3.05, 3.63) is 9.93 Å². The molecule has 2 fully saturated rings. The molecule has 8 nitrogen and oxygen atoms in total. The van der Waals surface area contributed by atoms with E-state index in [9.17, 15) is 19.2 Å². The van der Waals surface area contributed by atoms with Crippen molar-refractivity contribution in [2.45, 2.75) is 0 Å². The number of carboxylic acids is 2. The first-order valence-corrected chi connectivity index (χ1v) is 7.67. The highest BCUT2D eigenvalue weighted by Gasteiger charge is 2.40. The summed E-state index contributed by atoms with van der Waals surface area (Å²) < 4.78 is 0.0696. The van der Waals surface area contributed by atoms with Gasteiger partial charge < -0.3 is 10.2 Å². The lowest BCUT2D eigenvalue weighted by molar-refractivity contribution is -0.141. The predicted octanol–water partition coefficient (Wildman–Crippen LogP) is -0.240. The van der Waals surface area contributed by atoms with Crippen LogP contribution < -0.4 is 0 Å². The number of amides is 2. The number of rotatable bonds is 4. The number of thiocarbonyl (C=S) groups is 1. The topological polar surface area (TPSA) is 115 Å². The molecular formula is C10H8N2O6S3. The molecule has 0 bridgehead atoms. The summed E-state index contributed by atoms with van der Waals surface area (Å²) in [5, 5.41) is 17.8. The molecular weight excluding hydrogens is 340 g/mol. The van der Waals surface area contributed by atoms with E-state index in [1.165, 1.54) is 0 Å². The van der Waals surface area contributed by atoms with Gasteiger partial charge in [-0.3, -0.25) is 29.0 Å². The molecule has 0 atom stereocenters. The fraction of sp³-hybridized carbons (Fsp3) is 0.300. The molecule has 0 aromatic heterocycles. The summed E-state index contributed by atoms with van der Waals surface area (Å²) in [6.45, 7) is -1.12. The summed E-state index contributed by atoms with van der Waals surface area (Å²) in [5.41, 5.74) is 0. The van der Waals surface area contributed by atoms with Crippen LogP contribution in [0.4, 0.5) is 0 Å². The molecule has 0 saturated carbocycles. The second kappa shape index (κ2) is 6.03. The monoisotopic (exact) mass is 348 g/mol. The number of carboxylic acid groups (broad SMARTS) is 2. The molecule has 2 aliphatic heterocycles. The van der Waals surface area contributed by atoms with E-state index in [0.29, 0.717) is 0 Å². The van der Waals surface area contributed by atoms with Gasteiger partial charge in [-0.05, 0) is 0 Å². The first kappa shape index (κ1) is 15.8. The highest BCUT2D eigenvalue weighted by molar-refractivity contribution is 8.27. The molecule has 21 heavy (non-hydrogen) atoms. The molecule has 2 saturated heterocycles. The van der Waals surface area contributed by atoms with Crippen molar-refractivity contribution >= 4 is 63.8 Å². The van der Waals surface area contributed by atoms with Crippen molar-refractivity contribution in [2.75, 3.05) is 18.8 Å². The van der Waals surface area contributed by atoms with Crippen LogP contribution in [0.2, 0.25) is 0 Å². The zero-order chi connectivity index (χ0) is 15.7. The molecule has 11 heteroatoms. The summed E-state index contributed by atoms with van der Waals surface area (Å²) in [6, 6.07) is 0. The van der Waals surface area contributed by atoms with E-state index in [1.807, 2.05) is 0 Å². The van der Waals surface area contributed by atoms with E-state index >= 15 is 0 Å². The summed E-state index contributed by atoms with van der Waals surface area (Å²) in [5.74, 6) is -3.42. The zero-order valence-corrected chi connectivity index (χ0v) is 12.7. The third kappa shape index (κ3) is 3.19. The van der Waals surface area contributed by atoms with Gasteiger partial charge in [-0.1, -0.05) is 35.7 Å². The number of nitrogens with zero attached hydrogens (tertiary/aromatic N) is 2. The fourth-order valence-electron chi connectivity index (χ4n) is 1.68. The third-order valence-corrected chi connectivity index (χ3v) is 5.16. The van der Waals surface area contributed by atoms with Crippen LogP contribution in [0.3, 0.4) is 0 Å². The Labute approximate surface area is 132 Å². The molecule has 0 aromatic carbocycles. The maximum absolute atomic E-state index is 12.2. The van der Waals surface area contributed by atoms with Gasteiger partial charge in [0.25, 0.3) is 5.91 Å². The van der Waals surface area contributed by atoms with Crippen LogP contribution in [0.5, 0.6) is 0 Å². The van der Waals surface area contributed by atoms with Gasteiger partial charge >= 0.3 is 11.9 Å². The molecule has 0 aliphatic carbocycles. The Morgan fingerprint density at radius 1 is 1.14 bits per heavy atom. The molecule has 2 N–H and O–H groups in total. The second-order valence-corrected chi connectivity index (χ2v) is 6.56. The van der Waals surface area contributed by atoms with Crippen LogP contribution in [0, 0.1) is 0 Å². The number of aliphatic carboxylic acids is 2. The maximum Gasteiger partial charge on any atom is 0.323 e. The Morgan fingerprint density at radius 3 is 2.29 bits per heavy atom. The van der Waals surface area contributed by atoms with Gasteiger partial charge in [0.05, 0.1) is 10.8 Å². The van der Waals surface area contributed by atoms with Gasteiger partial charge in [0.1, 0.15) is 22.3 Å². The molecule has 2 amide bonds. The molecule has 2 aliphatic rings. The van der Waals surface area contributed by atoms with Crippen molar-refractivity contribution in [1.29, 1.82) is 0 Å². The lowest BCUT2D eigenvalue weighted by Crippen LogP contribution is -2.34. The van der Waals surface area contributed by atoms with E-state index in [-0.39, 0.29) is 20.0 Å². The van der Waals surface area contributed by atoms with Gasteiger partial charge in [-0.25, -0.2) is 0 Å². The van der Waals surface area contributed by atoms with Gasteiger partial charge in [-0.2, -0.15) is 0 Å². The smallest absolute Gasteiger partial charge is 0.323 e. The number of carbonyl (C=O) groups is 4. The molecule has 0 aromatic rings. The van der Waals surface area contributed by atoms with Crippen LogP contribution in [-0.2, 0) is 19.2 Å². The van der Waals surface area contributed by atoms with Crippen molar-refractivity contribution in [3.8, 4) is 0 Å². The standard InChI is InChI=1S/C10H8N2O6S3/c13-4-3-20-9(11(4)1-5(14)15)7-8(18)12(2-6(16)17)10(19)21-7/h1-3H2,(H,14,15)(H,16,17). The quantitative estimate of drug-likeness (QED) is 0.524. The minimum absolute atomic E-state index is 0.0334. The van der Waals surface area contributed by atoms with Gasteiger partial charge in [0, 0.05) is 0 Å². The minimum Gasteiger partial charge on any atom is -0.480 e. The molecule has 112 valence electrons. The van der Waals surface area contributed by atoms with Crippen LogP contribution >= 0.6 is 35.7 Å². The number of carbonyl (C=O) groups excluding carboxylic acids is 2. The third-order valence-electron chi connectivity index (χ3n) is 2.51. The Morgan fingerprint density at radius 2 is 1.71 bits per heavy atom. The molecule has 0 radical (unpaired) electrons. The fourth-order valence-corrected chi connectivity index (χ4v) is 4.16. The van der Waals surface area contributed by atoms with Gasteiger partial charge in [0.2, 0.25) is 5.91 Å². The Kier molecular flexibility index (Phi) is 4.54. The van der Waals surface area contributed by atoms with Crippen molar-refractivity contribution in [2.24, 2.45) is 0 Å². The van der Waals surface area contributed by atoms with Crippen molar-refractivity contribution < 1.29 is 29.4 Å². The summed E-state index contributed by atoms with van der Waals surface area (Å²) in [6.07, 6.45) is 0. The summed E-state index contributed by atoms with van der Waals surface area (Å²) in [4.78, 5) is 47.3. The van der Waals surface area contributed by atoms with E-state index in [4.69, 9.17) is 22.4 Å². The molecule has 2 rings (SSSR count). The molecule has 0 unspecified atom stereocenters. The first-order valence-electron chi connectivity index (χ1n) is 5.46. The lowest BCUT2D eigenvalue weighted by Gasteiger charge is -2.15. The number of thioether (sulfide) groups is 2. The Hall–Kier alpha value is -1.59. The maximum atomic E-state index is 12.2. The van der Waals surface area contributed by atoms with Crippen LogP contribution in [0.15, 0.2) is 9.93 Å². The van der Waals surface area contributed by atoms with Crippen LogP contribution in [-0.4, -0.2) is 66.9 Å². The first-order chi connectivity index (χ1) is 9.81. The molecule has 0 spiro atoms. The summed E-state index contributed by atoms with van der Waals surface area (Å²) >= 11 is 6.86. The average molecular weight is 348 g/mol. The zero-order valence-electron chi connectivity index (χ0n) is 10.3. The van der Waals surface area contributed by atoms with Gasteiger partial charge in [0.15, 0.2) is 0 Å². The minimum atomic E-state index is -1.21. The highest BCUT2D eigenvalue weighted by atomic mass is 32.2. The Balaban J connectivity index is 2.33. The van der Waals surface area contributed by atoms with Crippen LogP contribution in [0.25, 0.3) is 0 Å². The Bertz CT molecular complexity index is 602. The van der Waals surface area contributed by atoms with E-state index in [0.717, 1.165) is 33.3 Å². The number of hydrogen-bond donors (Lipinski definition) is 2. The second-order valence-electron chi connectivity index (χ2n) is 3.95. The van der Waals surface area contributed by atoms with E-state index in [1.54, 1.807) is 0 Å². The predicted molar refractivity (Wildman–Crippen MR) is 78.4 cm³/mol. The normalized spacial score (nSPS) is 22.4. The number of hydrogen-bond acceptors (Lipinski definition) is 7. The highest BCUT2D eigenvalue weighted by Crippen LogP contribution is 2.41. The van der Waals surface area contributed by atoms with Crippen molar-refractivity contribution in [1.82, 2.24) is 9.80 Å². The largest absolute Gasteiger partial charge is 0.480 e. The lowest BCUT2D eigenvalue weighted by atomic mass is 10.4. The summed E-state index contributed by atoms with van der Waals surface area (Å²) in [7, 11) is 0. The van der Waals surface area contributed by atoms with Crippen LogP contribution in [0.1, 0.15) is 0 Å². The average Bonchev–Trinajstić information content (AvgIpc) is 2.84. The SMILES string of the molecule is O=C(O)CN1C(=O)C(=C2SCC(=O)N2CC(=O)O)SC1=S. The van der Waals surface area contributed by atoms with E-state index in [2.05, 4.69) is 0 Å².